The summed E-state index contributed by atoms with van der Waals surface area (Å²) in [4.78, 5) is 12.9. The second-order valence-corrected chi connectivity index (χ2v) is 5.99. The van der Waals surface area contributed by atoms with E-state index in [9.17, 15) is 4.79 Å². The summed E-state index contributed by atoms with van der Waals surface area (Å²) in [5, 5.41) is 3.58. The molecule has 1 aliphatic carbocycles. The van der Waals surface area contributed by atoms with Crippen LogP contribution in [0.2, 0.25) is 5.02 Å². The molecule has 0 unspecified atom stereocenters. The molecule has 0 spiro atoms. The van der Waals surface area contributed by atoms with Crippen molar-refractivity contribution >= 4 is 23.2 Å². The molecule has 3 rings (SSSR count). The number of rotatable bonds is 5. The summed E-state index contributed by atoms with van der Waals surface area (Å²) in [6.07, 6.45) is 1.57. The topological polar surface area (TPSA) is 47.6 Å². The third kappa shape index (κ3) is 2.86. The Bertz CT molecular complexity index is 741. The molecule has 23 heavy (non-hydrogen) atoms. The summed E-state index contributed by atoms with van der Waals surface area (Å²) in [5.41, 5.74) is 0.920. The SMILES string of the molecule is COc1ccc(OC)c(NC(=O)C2(c3ccccc3Cl)CC2)c1. The lowest BCUT2D eigenvalue weighted by Gasteiger charge is -2.18. The van der Waals surface area contributed by atoms with Gasteiger partial charge in [-0.2, -0.15) is 0 Å². The van der Waals surface area contributed by atoms with Crippen LogP contribution in [0.1, 0.15) is 18.4 Å². The van der Waals surface area contributed by atoms with Crippen molar-refractivity contribution in [2.45, 2.75) is 18.3 Å². The zero-order valence-electron chi connectivity index (χ0n) is 13.1. The smallest absolute Gasteiger partial charge is 0.235 e. The molecule has 0 bridgehead atoms. The Kier molecular flexibility index (Phi) is 4.18. The molecule has 120 valence electrons. The van der Waals surface area contributed by atoms with Gasteiger partial charge in [-0.3, -0.25) is 4.79 Å². The van der Waals surface area contributed by atoms with E-state index in [-0.39, 0.29) is 5.91 Å². The summed E-state index contributed by atoms with van der Waals surface area (Å²) in [5.74, 6) is 1.18. The number of benzene rings is 2. The molecule has 0 aliphatic heterocycles. The fourth-order valence-electron chi connectivity index (χ4n) is 2.75. The fraction of sp³-hybridized carbons (Fsp3) is 0.278. The molecule has 4 nitrogen and oxygen atoms in total. The second kappa shape index (κ2) is 6.13. The minimum atomic E-state index is -0.549. The van der Waals surface area contributed by atoms with E-state index < -0.39 is 5.41 Å². The number of methoxy groups -OCH3 is 2. The molecule has 2 aromatic rings. The first kappa shape index (κ1) is 15.7. The van der Waals surface area contributed by atoms with Crippen LogP contribution in [0.3, 0.4) is 0 Å². The summed E-state index contributed by atoms with van der Waals surface area (Å²) < 4.78 is 10.5. The molecule has 1 saturated carbocycles. The van der Waals surface area contributed by atoms with E-state index >= 15 is 0 Å². The monoisotopic (exact) mass is 331 g/mol. The molecule has 1 fully saturated rings. The molecule has 5 heteroatoms. The van der Waals surface area contributed by atoms with Gasteiger partial charge in [0.25, 0.3) is 0 Å². The number of hydrogen-bond donors (Lipinski definition) is 1. The lowest BCUT2D eigenvalue weighted by Crippen LogP contribution is -2.28. The van der Waals surface area contributed by atoms with Crippen LogP contribution in [0.25, 0.3) is 0 Å². The quantitative estimate of drug-likeness (QED) is 0.900. The molecule has 0 atom stereocenters. The van der Waals surface area contributed by atoms with E-state index in [4.69, 9.17) is 21.1 Å². The van der Waals surface area contributed by atoms with E-state index in [2.05, 4.69) is 5.32 Å². The first-order chi connectivity index (χ1) is 11.1. The predicted octanol–water partition coefficient (Wildman–Crippen LogP) is 4.03. The third-order valence-electron chi connectivity index (χ3n) is 4.23. The van der Waals surface area contributed by atoms with Crippen molar-refractivity contribution in [3.63, 3.8) is 0 Å². The Morgan fingerprint density at radius 2 is 1.87 bits per heavy atom. The minimum absolute atomic E-state index is 0.0721. The van der Waals surface area contributed by atoms with Crippen LogP contribution in [-0.4, -0.2) is 20.1 Å². The highest BCUT2D eigenvalue weighted by Gasteiger charge is 2.52. The standard InChI is InChI=1S/C18H18ClNO3/c1-22-12-7-8-16(23-2)15(11-12)20-17(21)18(9-10-18)13-5-3-4-6-14(13)19/h3-8,11H,9-10H2,1-2H3,(H,20,21). The van der Waals surface area contributed by atoms with Crippen molar-refractivity contribution in [3.8, 4) is 11.5 Å². The maximum atomic E-state index is 12.9. The molecule has 0 radical (unpaired) electrons. The third-order valence-corrected chi connectivity index (χ3v) is 4.56. The van der Waals surface area contributed by atoms with Gasteiger partial charge in [0.15, 0.2) is 0 Å². The summed E-state index contributed by atoms with van der Waals surface area (Å²) in [6.45, 7) is 0. The molecule has 0 saturated heterocycles. The van der Waals surface area contributed by atoms with Crippen molar-refractivity contribution in [3.05, 3.63) is 53.1 Å². The summed E-state index contributed by atoms with van der Waals surface area (Å²) >= 11 is 6.28. The van der Waals surface area contributed by atoms with Gasteiger partial charge < -0.3 is 14.8 Å². The molecule has 2 aromatic carbocycles. The number of hydrogen-bond acceptors (Lipinski definition) is 3. The fourth-order valence-corrected chi connectivity index (χ4v) is 3.06. The molecule has 1 amide bonds. The van der Waals surface area contributed by atoms with Crippen LogP contribution in [0, 0.1) is 0 Å². The maximum Gasteiger partial charge on any atom is 0.235 e. The molecule has 0 heterocycles. The zero-order chi connectivity index (χ0) is 16.4. The number of amides is 1. The Balaban J connectivity index is 1.89. The highest BCUT2D eigenvalue weighted by atomic mass is 35.5. The van der Waals surface area contributed by atoms with Gasteiger partial charge in [-0.1, -0.05) is 29.8 Å². The Morgan fingerprint density at radius 3 is 2.48 bits per heavy atom. The number of carbonyl (C=O) groups is 1. The highest BCUT2D eigenvalue weighted by molar-refractivity contribution is 6.32. The van der Waals surface area contributed by atoms with Gasteiger partial charge in [-0.25, -0.2) is 0 Å². The average molecular weight is 332 g/mol. The van der Waals surface area contributed by atoms with Crippen molar-refractivity contribution < 1.29 is 14.3 Å². The first-order valence-electron chi connectivity index (χ1n) is 7.39. The van der Waals surface area contributed by atoms with Gasteiger partial charge in [-0.05, 0) is 36.6 Å². The van der Waals surface area contributed by atoms with Gasteiger partial charge in [0, 0.05) is 11.1 Å². The van der Waals surface area contributed by atoms with Crippen LogP contribution in [0.15, 0.2) is 42.5 Å². The largest absolute Gasteiger partial charge is 0.497 e. The Morgan fingerprint density at radius 1 is 1.13 bits per heavy atom. The molecule has 0 aromatic heterocycles. The van der Waals surface area contributed by atoms with Gasteiger partial charge in [0.2, 0.25) is 5.91 Å². The maximum absolute atomic E-state index is 12.9. The molecular formula is C18H18ClNO3. The normalized spacial score (nSPS) is 14.9. The second-order valence-electron chi connectivity index (χ2n) is 5.58. The van der Waals surface area contributed by atoms with Crippen LogP contribution >= 0.6 is 11.6 Å². The number of halogens is 1. The van der Waals surface area contributed by atoms with E-state index in [1.54, 1.807) is 32.4 Å². The van der Waals surface area contributed by atoms with Gasteiger partial charge in [0.1, 0.15) is 11.5 Å². The number of carbonyl (C=O) groups excluding carboxylic acids is 1. The molecular weight excluding hydrogens is 314 g/mol. The van der Waals surface area contributed by atoms with Crippen molar-refractivity contribution in [2.75, 3.05) is 19.5 Å². The number of ether oxygens (including phenoxy) is 2. The average Bonchev–Trinajstić information content (AvgIpc) is 3.37. The van der Waals surface area contributed by atoms with Gasteiger partial charge in [-0.15, -0.1) is 0 Å². The van der Waals surface area contributed by atoms with Gasteiger partial charge in [0.05, 0.1) is 25.3 Å². The van der Waals surface area contributed by atoms with Crippen molar-refractivity contribution in [1.29, 1.82) is 0 Å². The Labute approximate surface area is 140 Å². The minimum Gasteiger partial charge on any atom is -0.497 e. The molecule has 1 N–H and O–H groups in total. The summed E-state index contributed by atoms with van der Waals surface area (Å²) in [6, 6.07) is 12.8. The van der Waals surface area contributed by atoms with Crippen LogP contribution < -0.4 is 14.8 Å². The van der Waals surface area contributed by atoms with Crippen molar-refractivity contribution in [2.24, 2.45) is 0 Å². The van der Waals surface area contributed by atoms with Crippen molar-refractivity contribution in [1.82, 2.24) is 0 Å². The van der Waals surface area contributed by atoms with Gasteiger partial charge >= 0.3 is 0 Å². The van der Waals surface area contributed by atoms with E-state index in [0.717, 1.165) is 18.4 Å². The molecule has 1 aliphatic rings. The lowest BCUT2D eigenvalue weighted by atomic mass is 9.94. The zero-order valence-corrected chi connectivity index (χ0v) is 13.8. The van der Waals surface area contributed by atoms with Crippen LogP contribution in [-0.2, 0) is 10.2 Å². The van der Waals surface area contributed by atoms with E-state index in [1.165, 1.54) is 0 Å². The van der Waals surface area contributed by atoms with E-state index in [1.807, 2.05) is 24.3 Å². The number of anilines is 1. The Hall–Kier alpha value is -2.20. The van der Waals surface area contributed by atoms with E-state index in [0.29, 0.717) is 22.2 Å². The number of nitrogens with one attached hydrogen (secondary N) is 1. The summed E-state index contributed by atoms with van der Waals surface area (Å²) in [7, 11) is 3.15. The van der Waals surface area contributed by atoms with Crippen LogP contribution in [0.5, 0.6) is 11.5 Å². The lowest BCUT2D eigenvalue weighted by molar-refractivity contribution is -0.118. The highest BCUT2D eigenvalue weighted by Crippen LogP contribution is 2.51. The van der Waals surface area contributed by atoms with Crippen LogP contribution in [0.4, 0.5) is 5.69 Å². The first-order valence-corrected chi connectivity index (χ1v) is 7.77. The predicted molar refractivity (Wildman–Crippen MR) is 90.5 cm³/mol.